The Hall–Kier alpha value is -0.650. The Labute approximate surface area is 82.1 Å². The van der Waals surface area contributed by atoms with Crippen LogP contribution in [0.3, 0.4) is 0 Å². The molecular weight excluding hydrogens is 186 g/mol. The van der Waals surface area contributed by atoms with E-state index in [0.29, 0.717) is 6.61 Å². The van der Waals surface area contributed by atoms with Gasteiger partial charge < -0.3 is 15.8 Å². The van der Waals surface area contributed by atoms with Crippen molar-refractivity contribution in [3.63, 3.8) is 0 Å². The minimum atomic E-state index is -0.0155. The van der Waals surface area contributed by atoms with E-state index in [1.54, 1.807) is 18.4 Å². The minimum Gasteiger partial charge on any atom is -0.385 e. The lowest BCUT2D eigenvalue weighted by molar-refractivity contribution is 0.188. The summed E-state index contributed by atoms with van der Waals surface area (Å²) in [6.07, 6.45) is 0.809. The van der Waals surface area contributed by atoms with Crippen LogP contribution in [0, 0.1) is 0 Å². The molecule has 0 saturated heterocycles. The van der Waals surface area contributed by atoms with Gasteiger partial charge in [-0.3, -0.25) is 0 Å². The fourth-order valence-corrected chi connectivity index (χ4v) is 1.70. The maximum absolute atomic E-state index is 5.89. The van der Waals surface area contributed by atoms with Crippen LogP contribution in [-0.2, 0) is 4.74 Å². The average molecular weight is 201 g/mol. The van der Waals surface area contributed by atoms with Crippen LogP contribution in [0.2, 0.25) is 0 Å². The average Bonchev–Trinajstić information content (AvgIpc) is 2.62. The molecule has 5 heteroatoms. The molecule has 0 aliphatic carbocycles. The molecule has 0 aromatic carbocycles. The van der Waals surface area contributed by atoms with Crippen molar-refractivity contribution in [2.75, 3.05) is 26.1 Å². The molecule has 0 radical (unpaired) electrons. The van der Waals surface area contributed by atoms with Gasteiger partial charge in [0.1, 0.15) is 0 Å². The van der Waals surface area contributed by atoms with Gasteiger partial charge >= 0.3 is 0 Å². The SMILES string of the molecule is CNc1nc(C(N)CCOC)cs1. The number of hydrogen-bond acceptors (Lipinski definition) is 5. The number of methoxy groups -OCH3 is 1. The van der Waals surface area contributed by atoms with Gasteiger partial charge in [0, 0.05) is 26.1 Å². The molecule has 1 aromatic rings. The highest BCUT2D eigenvalue weighted by atomic mass is 32.1. The van der Waals surface area contributed by atoms with Crippen molar-refractivity contribution < 1.29 is 4.74 Å². The molecule has 0 amide bonds. The molecular formula is C8H15N3OS. The number of aromatic nitrogens is 1. The highest BCUT2D eigenvalue weighted by Crippen LogP contribution is 2.20. The molecule has 1 unspecified atom stereocenters. The van der Waals surface area contributed by atoms with Crippen LogP contribution in [0.1, 0.15) is 18.2 Å². The second-order valence-corrected chi connectivity index (χ2v) is 3.57. The lowest BCUT2D eigenvalue weighted by Gasteiger charge is -2.06. The summed E-state index contributed by atoms with van der Waals surface area (Å²) in [6.45, 7) is 0.674. The lowest BCUT2D eigenvalue weighted by atomic mass is 10.2. The van der Waals surface area contributed by atoms with Crippen molar-refractivity contribution in [3.05, 3.63) is 11.1 Å². The molecule has 74 valence electrons. The van der Waals surface area contributed by atoms with E-state index >= 15 is 0 Å². The highest BCUT2D eigenvalue weighted by Gasteiger charge is 2.09. The molecule has 0 spiro atoms. The predicted octanol–water partition coefficient (Wildman–Crippen LogP) is 1.22. The third kappa shape index (κ3) is 2.95. The Kier molecular flexibility index (Phi) is 4.14. The number of nitrogens with one attached hydrogen (secondary N) is 1. The first-order chi connectivity index (χ1) is 6.27. The number of ether oxygens (including phenoxy) is 1. The van der Waals surface area contributed by atoms with E-state index in [1.165, 1.54) is 0 Å². The molecule has 1 aromatic heterocycles. The van der Waals surface area contributed by atoms with Gasteiger partial charge in [0.05, 0.1) is 11.7 Å². The van der Waals surface area contributed by atoms with E-state index in [4.69, 9.17) is 10.5 Å². The maximum Gasteiger partial charge on any atom is 0.182 e. The van der Waals surface area contributed by atoms with Crippen molar-refractivity contribution in [1.29, 1.82) is 0 Å². The second-order valence-electron chi connectivity index (χ2n) is 2.72. The first-order valence-corrected chi connectivity index (χ1v) is 5.03. The van der Waals surface area contributed by atoms with Gasteiger partial charge in [-0.15, -0.1) is 11.3 Å². The summed E-state index contributed by atoms with van der Waals surface area (Å²) >= 11 is 1.57. The van der Waals surface area contributed by atoms with Gasteiger partial charge in [-0.2, -0.15) is 0 Å². The summed E-state index contributed by atoms with van der Waals surface area (Å²) in [4.78, 5) is 4.31. The quantitative estimate of drug-likeness (QED) is 0.752. The van der Waals surface area contributed by atoms with Gasteiger partial charge in [0.25, 0.3) is 0 Å². The Morgan fingerprint density at radius 2 is 2.54 bits per heavy atom. The van der Waals surface area contributed by atoms with Crippen molar-refractivity contribution in [2.45, 2.75) is 12.5 Å². The van der Waals surface area contributed by atoms with Crippen LogP contribution in [0.15, 0.2) is 5.38 Å². The van der Waals surface area contributed by atoms with E-state index in [0.717, 1.165) is 17.2 Å². The summed E-state index contributed by atoms with van der Waals surface area (Å²) in [5.74, 6) is 0. The lowest BCUT2D eigenvalue weighted by Crippen LogP contribution is -2.13. The molecule has 4 nitrogen and oxygen atoms in total. The molecule has 13 heavy (non-hydrogen) atoms. The monoisotopic (exact) mass is 201 g/mol. The fraction of sp³-hybridized carbons (Fsp3) is 0.625. The number of nitrogens with zero attached hydrogens (tertiary/aromatic N) is 1. The van der Waals surface area contributed by atoms with Crippen molar-refractivity contribution in [2.24, 2.45) is 5.73 Å². The molecule has 1 atom stereocenters. The summed E-state index contributed by atoms with van der Waals surface area (Å²) < 4.78 is 4.95. The number of nitrogens with two attached hydrogens (primary N) is 1. The van der Waals surface area contributed by atoms with E-state index in [2.05, 4.69) is 10.3 Å². The Morgan fingerprint density at radius 1 is 1.77 bits per heavy atom. The summed E-state index contributed by atoms with van der Waals surface area (Å²) in [7, 11) is 3.52. The van der Waals surface area contributed by atoms with Crippen molar-refractivity contribution in [1.82, 2.24) is 4.98 Å². The van der Waals surface area contributed by atoms with Crippen LogP contribution in [0.4, 0.5) is 5.13 Å². The zero-order valence-electron chi connectivity index (χ0n) is 7.91. The number of rotatable bonds is 5. The predicted molar refractivity (Wildman–Crippen MR) is 55.1 cm³/mol. The van der Waals surface area contributed by atoms with E-state index in [-0.39, 0.29) is 6.04 Å². The largest absolute Gasteiger partial charge is 0.385 e. The highest BCUT2D eigenvalue weighted by molar-refractivity contribution is 7.13. The molecule has 3 N–H and O–H groups in total. The zero-order valence-corrected chi connectivity index (χ0v) is 8.73. The molecule has 1 heterocycles. The number of thiazole rings is 1. The topological polar surface area (TPSA) is 60.2 Å². The molecule has 0 aliphatic heterocycles. The first kappa shape index (κ1) is 10.4. The maximum atomic E-state index is 5.89. The summed E-state index contributed by atoms with van der Waals surface area (Å²) in [5.41, 5.74) is 6.82. The Bertz CT molecular complexity index is 251. The third-order valence-electron chi connectivity index (χ3n) is 1.75. The molecule has 0 fully saturated rings. The van der Waals surface area contributed by atoms with Gasteiger partial charge in [-0.1, -0.05) is 0 Å². The molecule has 0 aliphatic rings. The van der Waals surface area contributed by atoms with Gasteiger partial charge in [-0.25, -0.2) is 4.98 Å². The van der Waals surface area contributed by atoms with Crippen LogP contribution in [-0.4, -0.2) is 25.7 Å². The van der Waals surface area contributed by atoms with E-state index in [1.807, 2.05) is 12.4 Å². The Morgan fingerprint density at radius 3 is 3.08 bits per heavy atom. The van der Waals surface area contributed by atoms with Gasteiger partial charge in [-0.05, 0) is 6.42 Å². The summed E-state index contributed by atoms with van der Waals surface area (Å²) in [6, 6.07) is -0.0155. The van der Waals surface area contributed by atoms with Crippen molar-refractivity contribution >= 4 is 16.5 Å². The molecule has 0 saturated carbocycles. The van der Waals surface area contributed by atoms with E-state index in [9.17, 15) is 0 Å². The van der Waals surface area contributed by atoms with Crippen molar-refractivity contribution in [3.8, 4) is 0 Å². The third-order valence-corrected chi connectivity index (χ3v) is 2.63. The van der Waals surface area contributed by atoms with E-state index < -0.39 is 0 Å². The van der Waals surface area contributed by atoms with Crippen LogP contribution < -0.4 is 11.1 Å². The zero-order chi connectivity index (χ0) is 9.68. The summed E-state index contributed by atoms with van der Waals surface area (Å²) in [5, 5.41) is 5.86. The standard InChI is InChI=1S/C8H15N3OS/c1-10-8-11-7(5-13-8)6(9)3-4-12-2/h5-6H,3-4,9H2,1-2H3,(H,10,11). The number of hydrogen-bond donors (Lipinski definition) is 2. The normalized spacial score (nSPS) is 12.8. The fourth-order valence-electron chi connectivity index (χ4n) is 0.964. The number of anilines is 1. The van der Waals surface area contributed by atoms with Crippen LogP contribution in [0.5, 0.6) is 0 Å². The van der Waals surface area contributed by atoms with Gasteiger partial charge in [0.2, 0.25) is 0 Å². The smallest absolute Gasteiger partial charge is 0.182 e. The molecule has 1 rings (SSSR count). The Balaban J connectivity index is 2.50. The van der Waals surface area contributed by atoms with Crippen LogP contribution in [0.25, 0.3) is 0 Å². The second kappa shape index (κ2) is 5.16. The first-order valence-electron chi connectivity index (χ1n) is 4.15. The van der Waals surface area contributed by atoms with Crippen LogP contribution >= 0.6 is 11.3 Å². The molecule has 0 bridgehead atoms. The van der Waals surface area contributed by atoms with Gasteiger partial charge in [0.15, 0.2) is 5.13 Å². The minimum absolute atomic E-state index is 0.0155.